The number of hydrogen-bond acceptors (Lipinski definition) is 4. The number of hydrogen-bond donors (Lipinski definition) is 2. The Morgan fingerprint density at radius 3 is 2.22 bits per heavy atom. The monoisotopic (exact) mass is 525 g/mol. The molecule has 1 aromatic heterocycles. The number of nitrogens with zero attached hydrogens (tertiary/aromatic N) is 1. The first-order valence-electron chi connectivity index (χ1n) is 9.40. The van der Waals surface area contributed by atoms with E-state index in [-0.39, 0.29) is 11.8 Å². The number of alkyl halides is 3. The average molecular weight is 526 g/mol. The summed E-state index contributed by atoms with van der Waals surface area (Å²) in [5.41, 5.74) is 2.51. The molecule has 3 aromatic rings. The Balaban J connectivity index is 1.53. The molecule has 0 spiro atoms. The van der Waals surface area contributed by atoms with Gasteiger partial charge in [-0.1, -0.05) is 15.9 Å². The molecule has 5 nitrogen and oxygen atoms in total. The molecule has 10 heteroatoms. The molecule has 168 valence electrons. The van der Waals surface area contributed by atoms with Crippen LogP contribution in [0.25, 0.3) is 0 Å². The van der Waals surface area contributed by atoms with Gasteiger partial charge in [0.25, 0.3) is 0 Å². The van der Waals surface area contributed by atoms with E-state index in [0.717, 1.165) is 9.37 Å². The van der Waals surface area contributed by atoms with Gasteiger partial charge in [-0.15, -0.1) is 11.8 Å². The molecule has 2 aromatic carbocycles. The van der Waals surface area contributed by atoms with Gasteiger partial charge in [-0.3, -0.25) is 4.98 Å². The summed E-state index contributed by atoms with van der Waals surface area (Å²) in [4.78, 5) is 17.3. The molecule has 0 saturated carbocycles. The highest BCUT2D eigenvalue weighted by Gasteiger charge is 2.28. The Morgan fingerprint density at radius 1 is 1.03 bits per heavy atom. The van der Waals surface area contributed by atoms with Crippen molar-refractivity contribution >= 4 is 45.1 Å². The van der Waals surface area contributed by atoms with Crippen LogP contribution in [0.1, 0.15) is 11.3 Å². The van der Waals surface area contributed by atoms with E-state index in [2.05, 4.69) is 31.5 Å². The molecule has 32 heavy (non-hydrogen) atoms. The van der Waals surface area contributed by atoms with E-state index in [4.69, 9.17) is 4.74 Å². The van der Waals surface area contributed by atoms with Crippen molar-refractivity contribution < 1.29 is 22.7 Å². The Morgan fingerprint density at radius 2 is 1.62 bits per heavy atom. The predicted octanol–water partition coefficient (Wildman–Crippen LogP) is 7.03. The van der Waals surface area contributed by atoms with Gasteiger partial charge in [-0.25, -0.2) is 4.79 Å². The molecular weight excluding hydrogens is 507 g/mol. The molecule has 0 atom stereocenters. The van der Waals surface area contributed by atoms with Crippen LogP contribution in [0.5, 0.6) is 5.75 Å². The Labute approximate surface area is 195 Å². The summed E-state index contributed by atoms with van der Waals surface area (Å²) < 4.78 is 43.0. The van der Waals surface area contributed by atoms with E-state index in [0.29, 0.717) is 28.4 Å². The number of anilines is 2. The molecule has 0 aliphatic rings. The lowest BCUT2D eigenvalue weighted by Crippen LogP contribution is -2.19. The molecule has 0 bridgehead atoms. The quantitative estimate of drug-likeness (QED) is 0.325. The summed E-state index contributed by atoms with van der Waals surface area (Å²) in [5.74, 6) is 0.635. The van der Waals surface area contributed by atoms with Crippen LogP contribution in [0.15, 0.2) is 70.2 Å². The highest BCUT2D eigenvalue weighted by molar-refractivity contribution is 9.10. The first-order chi connectivity index (χ1) is 15.2. The van der Waals surface area contributed by atoms with E-state index < -0.39 is 12.8 Å². The number of rotatable bonds is 7. The van der Waals surface area contributed by atoms with E-state index in [1.165, 1.54) is 24.0 Å². The molecule has 0 unspecified atom stereocenters. The van der Waals surface area contributed by atoms with Crippen molar-refractivity contribution in [3.63, 3.8) is 0 Å². The number of carbonyl (C=O) groups is 1. The molecule has 3 rings (SSSR count). The van der Waals surface area contributed by atoms with Gasteiger partial charge < -0.3 is 15.4 Å². The minimum Gasteiger partial charge on any atom is -0.484 e. The van der Waals surface area contributed by atoms with E-state index in [1.807, 2.05) is 24.3 Å². The van der Waals surface area contributed by atoms with Crippen molar-refractivity contribution in [1.29, 1.82) is 0 Å². The number of benzene rings is 2. The van der Waals surface area contributed by atoms with E-state index in [1.54, 1.807) is 31.2 Å². The largest absolute Gasteiger partial charge is 0.484 e. The summed E-state index contributed by atoms with van der Waals surface area (Å²) in [5, 5.41) is 5.50. The van der Waals surface area contributed by atoms with Gasteiger partial charge in [0.2, 0.25) is 0 Å². The van der Waals surface area contributed by atoms with Crippen molar-refractivity contribution in [2.75, 3.05) is 17.2 Å². The fourth-order valence-corrected chi connectivity index (χ4v) is 3.82. The van der Waals surface area contributed by atoms with Crippen LogP contribution < -0.4 is 15.4 Å². The van der Waals surface area contributed by atoms with Crippen LogP contribution in [0, 0.1) is 6.92 Å². The van der Waals surface area contributed by atoms with Gasteiger partial charge in [-0.2, -0.15) is 13.2 Å². The third-order valence-corrected chi connectivity index (χ3v) is 5.79. The van der Waals surface area contributed by atoms with Gasteiger partial charge in [0.1, 0.15) is 5.75 Å². The normalized spacial score (nSPS) is 11.2. The van der Waals surface area contributed by atoms with Crippen LogP contribution >= 0.6 is 27.7 Å². The second kappa shape index (κ2) is 10.7. The lowest BCUT2D eigenvalue weighted by Gasteiger charge is -2.13. The lowest BCUT2D eigenvalue weighted by atomic mass is 10.2. The van der Waals surface area contributed by atoms with Gasteiger partial charge in [-0.05, 0) is 61.5 Å². The van der Waals surface area contributed by atoms with Crippen LogP contribution in [-0.4, -0.2) is 23.8 Å². The number of thioether (sulfide) groups is 1. The Kier molecular flexibility index (Phi) is 8.03. The zero-order valence-electron chi connectivity index (χ0n) is 16.9. The van der Waals surface area contributed by atoms with Gasteiger partial charge in [0, 0.05) is 38.3 Å². The summed E-state index contributed by atoms with van der Waals surface area (Å²) in [6.45, 7) is 0.347. The van der Waals surface area contributed by atoms with Gasteiger partial charge in [0.15, 0.2) is 6.61 Å². The minimum atomic E-state index is -4.39. The van der Waals surface area contributed by atoms with Gasteiger partial charge >= 0.3 is 12.2 Å². The number of halogens is 4. The Bertz CT molecular complexity index is 1060. The highest BCUT2D eigenvalue weighted by atomic mass is 79.9. The highest BCUT2D eigenvalue weighted by Crippen LogP contribution is 2.29. The molecular formula is C22H19BrF3N3O2S. The van der Waals surface area contributed by atoms with Crippen molar-refractivity contribution in [1.82, 2.24) is 4.98 Å². The van der Waals surface area contributed by atoms with Crippen molar-refractivity contribution in [2.45, 2.75) is 23.7 Å². The van der Waals surface area contributed by atoms with Gasteiger partial charge in [0.05, 0.1) is 5.69 Å². The molecule has 0 aliphatic carbocycles. The maximum atomic E-state index is 12.4. The lowest BCUT2D eigenvalue weighted by molar-refractivity contribution is -0.153. The van der Waals surface area contributed by atoms with E-state index >= 15 is 0 Å². The zero-order chi connectivity index (χ0) is 23.1. The van der Waals surface area contributed by atoms with Crippen molar-refractivity contribution in [3.8, 4) is 5.75 Å². The molecule has 1 heterocycles. The number of ether oxygens (including phenoxy) is 1. The van der Waals surface area contributed by atoms with Crippen LogP contribution in [0.3, 0.4) is 0 Å². The zero-order valence-corrected chi connectivity index (χ0v) is 19.3. The summed E-state index contributed by atoms with van der Waals surface area (Å²) in [7, 11) is 0. The maximum absolute atomic E-state index is 12.4. The number of aromatic nitrogens is 1. The number of urea groups is 1. The minimum absolute atomic E-state index is 0.171. The average Bonchev–Trinajstić information content (AvgIpc) is 2.74. The molecule has 0 aliphatic heterocycles. The third-order valence-electron chi connectivity index (χ3n) is 4.24. The number of amides is 2. The van der Waals surface area contributed by atoms with E-state index in [9.17, 15) is 18.0 Å². The number of pyridine rings is 1. The SMILES string of the molecule is Cc1c(OCC(F)(F)F)ccnc1CSc1ccc(NC(=O)Nc2ccc(Br)cc2)cc1. The first kappa shape index (κ1) is 23.9. The maximum Gasteiger partial charge on any atom is 0.422 e. The topological polar surface area (TPSA) is 63.2 Å². The molecule has 0 fully saturated rings. The van der Waals surface area contributed by atoms with Crippen LogP contribution in [0.2, 0.25) is 0 Å². The number of carbonyl (C=O) groups excluding carboxylic acids is 1. The molecule has 2 amide bonds. The van der Waals surface area contributed by atoms with Crippen LogP contribution in [-0.2, 0) is 5.75 Å². The smallest absolute Gasteiger partial charge is 0.422 e. The number of nitrogens with one attached hydrogen (secondary N) is 2. The fourth-order valence-electron chi connectivity index (χ4n) is 2.63. The first-order valence-corrected chi connectivity index (χ1v) is 11.2. The summed E-state index contributed by atoms with van der Waals surface area (Å²) in [6.07, 6.45) is -2.96. The van der Waals surface area contributed by atoms with Crippen LogP contribution in [0.4, 0.5) is 29.3 Å². The molecule has 0 radical (unpaired) electrons. The second-order valence-corrected chi connectivity index (χ2v) is 8.65. The standard InChI is InChI=1S/C22H19BrF3N3O2S/c1-14-19(27-11-10-20(14)31-13-22(24,25)26)12-32-18-8-6-17(7-9-18)29-21(30)28-16-4-2-15(23)3-5-16/h2-11H,12-13H2,1H3,(H2,28,29,30). The second-order valence-electron chi connectivity index (χ2n) is 6.68. The molecule has 0 saturated heterocycles. The molecule has 2 N–H and O–H groups in total. The predicted molar refractivity (Wildman–Crippen MR) is 123 cm³/mol. The Hall–Kier alpha value is -2.72. The summed E-state index contributed by atoms with van der Waals surface area (Å²) >= 11 is 4.82. The fraction of sp³-hybridized carbons (Fsp3) is 0.182. The van der Waals surface area contributed by atoms with Crippen molar-refractivity contribution in [3.05, 3.63) is 76.5 Å². The van der Waals surface area contributed by atoms with Crippen molar-refractivity contribution in [2.24, 2.45) is 0 Å². The summed E-state index contributed by atoms with van der Waals surface area (Å²) in [6, 6.07) is 15.5. The third kappa shape index (κ3) is 7.45.